The molecule has 0 aliphatic rings. The van der Waals surface area contributed by atoms with Gasteiger partial charge in [-0.05, 0) is 54.4 Å². The molecule has 0 amide bonds. The van der Waals surface area contributed by atoms with E-state index in [1.165, 1.54) is 12.1 Å². The van der Waals surface area contributed by atoms with Crippen molar-refractivity contribution in [1.82, 2.24) is 35.1 Å². The number of hydrogen-bond acceptors (Lipinski definition) is 6. The Morgan fingerprint density at radius 1 is 0.970 bits per heavy atom. The Bertz CT molecular complexity index is 1650. The van der Waals surface area contributed by atoms with E-state index in [1.54, 1.807) is 18.6 Å². The zero-order chi connectivity index (χ0) is 22.5. The largest absolute Gasteiger partial charge is 0.397 e. The van der Waals surface area contributed by atoms with Crippen molar-refractivity contribution in [1.29, 1.82) is 0 Å². The maximum atomic E-state index is 14.0. The van der Waals surface area contributed by atoms with E-state index in [1.807, 2.05) is 37.3 Å². The SMILES string of the molecule is Cc1cc(F)cc(-c2ccnc3nc(-c4n[nH]c5ccc(-c6cncc(N)c6)nc45)[nH]c23)c1. The van der Waals surface area contributed by atoms with Crippen LogP contribution in [0.15, 0.2) is 61.1 Å². The van der Waals surface area contributed by atoms with E-state index in [0.29, 0.717) is 33.9 Å². The normalized spacial score (nSPS) is 11.5. The van der Waals surface area contributed by atoms with Crippen LogP contribution in [0.1, 0.15) is 5.56 Å². The number of pyridine rings is 3. The van der Waals surface area contributed by atoms with Crippen molar-refractivity contribution in [3.63, 3.8) is 0 Å². The van der Waals surface area contributed by atoms with Gasteiger partial charge >= 0.3 is 0 Å². The van der Waals surface area contributed by atoms with Crippen molar-refractivity contribution in [2.75, 3.05) is 5.73 Å². The lowest BCUT2D eigenvalue weighted by Gasteiger charge is -2.04. The van der Waals surface area contributed by atoms with Gasteiger partial charge in [-0.3, -0.25) is 10.1 Å². The van der Waals surface area contributed by atoms with Crippen molar-refractivity contribution in [3.8, 4) is 33.9 Å². The highest BCUT2D eigenvalue weighted by atomic mass is 19.1. The molecular weight excluding hydrogens is 419 g/mol. The zero-order valence-corrected chi connectivity index (χ0v) is 17.5. The monoisotopic (exact) mass is 436 g/mol. The number of aromatic amines is 2. The molecule has 0 spiro atoms. The first-order valence-electron chi connectivity index (χ1n) is 10.2. The van der Waals surface area contributed by atoms with Gasteiger partial charge in [-0.15, -0.1) is 0 Å². The first-order valence-corrected chi connectivity index (χ1v) is 10.2. The predicted molar refractivity (Wildman–Crippen MR) is 125 cm³/mol. The molecule has 0 bridgehead atoms. The molecule has 0 unspecified atom stereocenters. The number of fused-ring (bicyclic) bond motifs is 2. The van der Waals surface area contributed by atoms with Crippen molar-refractivity contribution < 1.29 is 4.39 Å². The summed E-state index contributed by atoms with van der Waals surface area (Å²) in [6, 6.07) is 12.4. The highest BCUT2D eigenvalue weighted by molar-refractivity contribution is 5.95. The van der Waals surface area contributed by atoms with Crippen molar-refractivity contribution in [3.05, 3.63) is 72.4 Å². The molecular formula is C24H17FN8. The molecule has 0 aliphatic heterocycles. The standard InChI is InChI=1S/C24H17FN8/c1-12-6-13(8-15(25)7-12)17-4-5-28-23-20(17)30-24(31-23)22-21-19(32-33-22)3-2-18(29-21)14-9-16(26)11-27-10-14/h2-11H,26H2,1H3,(H,32,33)(H,28,30,31). The fourth-order valence-electron chi connectivity index (χ4n) is 3.98. The van der Waals surface area contributed by atoms with Crippen molar-refractivity contribution in [2.45, 2.75) is 6.92 Å². The quantitative estimate of drug-likeness (QED) is 0.371. The maximum Gasteiger partial charge on any atom is 0.178 e. The minimum absolute atomic E-state index is 0.291. The molecule has 6 aromatic rings. The summed E-state index contributed by atoms with van der Waals surface area (Å²) >= 11 is 0. The summed E-state index contributed by atoms with van der Waals surface area (Å²) in [4.78, 5) is 21.3. The number of nitrogens with zero attached hydrogens (tertiary/aromatic N) is 5. The van der Waals surface area contributed by atoms with Crippen LogP contribution in [0.5, 0.6) is 0 Å². The van der Waals surface area contributed by atoms with E-state index in [4.69, 9.17) is 10.7 Å². The third-order valence-electron chi connectivity index (χ3n) is 5.43. The van der Waals surface area contributed by atoms with Crippen LogP contribution in [0.3, 0.4) is 0 Å². The summed E-state index contributed by atoms with van der Waals surface area (Å²) in [5.74, 6) is 0.223. The van der Waals surface area contributed by atoms with Crippen LogP contribution >= 0.6 is 0 Å². The molecule has 0 aliphatic carbocycles. The molecule has 8 nitrogen and oxygen atoms in total. The molecule has 6 rings (SSSR count). The van der Waals surface area contributed by atoms with Crippen LogP contribution in [0.25, 0.3) is 56.1 Å². The summed E-state index contributed by atoms with van der Waals surface area (Å²) in [7, 11) is 0. The van der Waals surface area contributed by atoms with E-state index in [0.717, 1.165) is 33.5 Å². The molecule has 0 fully saturated rings. The molecule has 33 heavy (non-hydrogen) atoms. The van der Waals surface area contributed by atoms with Crippen LogP contribution in [-0.2, 0) is 0 Å². The number of H-pyrrole nitrogens is 2. The van der Waals surface area contributed by atoms with Crippen LogP contribution < -0.4 is 5.73 Å². The molecule has 0 radical (unpaired) electrons. The predicted octanol–water partition coefficient (Wildman–Crippen LogP) is 4.65. The molecule has 5 aromatic heterocycles. The number of nitrogens with two attached hydrogens (primary N) is 1. The van der Waals surface area contributed by atoms with E-state index < -0.39 is 0 Å². The Kier molecular flexibility index (Phi) is 4.16. The van der Waals surface area contributed by atoms with Crippen molar-refractivity contribution >= 4 is 27.9 Å². The average Bonchev–Trinajstić information content (AvgIpc) is 3.41. The summed E-state index contributed by atoms with van der Waals surface area (Å²) in [5, 5.41) is 7.43. The van der Waals surface area contributed by atoms with E-state index >= 15 is 0 Å². The molecule has 160 valence electrons. The van der Waals surface area contributed by atoms with Crippen LogP contribution in [0, 0.1) is 12.7 Å². The summed E-state index contributed by atoms with van der Waals surface area (Å²) in [6.45, 7) is 1.86. The number of imidazole rings is 1. The second-order valence-corrected chi connectivity index (χ2v) is 7.83. The van der Waals surface area contributed by atoms with Gasteiger partial charge in [0.1, 0.15) is 11.3 Å². The zero-order valence-electron chi connectivity index (χ0n) is 17.5. The topological polar surface area (TPSA) is 122 Å². The number of hydrogen-bond donors (Lipinski definition) is 3. The van der Waals surface area contributed by atoms with Gasteiger partial charge in [-0.1, -0.05) is 6.07 Å². The Balaban J connectivity index is 1.51. The second-order valence-electron chi connectivity index (χ2n) is 7.83. The lowest BCUT2D eigenvalue weighted by atomic mass is 10.0. The molecule has 5 heterocycles. The maximum absolute atomic E-state index is 14.0. The highest BCUT2D eigenvalue weighted by Gasteiger charge is 2.17. The number of benzene rings is 1. The lowest BCUT2D eigenvalue weighted by Crippen LogP contribution is -1.90. The Hall–Kier alpha value is -4.66. The fourth-order valence-corrected chi connectivity index (χ4v) is 3.98. The molecule has 0 saturated carbocycles. The summed E-state index contributed by atoms with van der Waals surface area (Å²) in [5.41, 5.74) is 13.5. The van der Waals surface area contributed by atoms with Crippen LogP contribution in [0.4, 0.5) is 10.1 Å². The van der Waals surface area contributed by atoms with Gasteiger partial charge in [-0.25, -0.2) is 19.3 Å². The fraction of sp³-hybridized carbons (Fsp3) is 0.0417. The highest BCUT2D eigenvalue weighted by Crippen LogP contribution is 2.31. The number of aryl methyl sites for hydroxylation is 1. The molecule has 0 saturated heterocycles. The molecule has 0 atom stereocenters. The van der Waals surface area contributed by atoms with Gasteiger partial charge in [0, 0.05) is 29.7 Å². The number of nitrogen functional groups attached to an aromatic ring is 1. The minimum Gasteiger partial charge on any atom is -0.397 e. The van der Waals surface area contributed by atoms with E-state index in [-0.39, 0.29) is 5.82 Å². The van der Waals surface area contributed by atoms with E-state index in [9.17, 15) is 4.39 Å². The van der Waals surface area contributed by atoms with Crippen molar-refractivity contribution in [2.24, 2.45) is 0 Å². The third-order valence-corrected chi connectivity index (χ3v) is 5.43. The number of nitrogens with one attached hydrogen (secondary N) is 2. The van der Waals surface area contributed by atoms with E-state index in [2.05, 4.69) is 30.1 Å². The van der Waals surface area contributed by atoms with Gasteiger partial charge in [0.05, 0.1) is 22.4 Å². The Morgan fingerprint density at radius 2 is 1.88 bits per heavy atom. The summed E-state index contributed by atoms with van der Waals surface area (Å²) < 4.78 is 14.0. The minimum atomic E-state index is -0.291. The van der Waals surface area contributed by atoms with Crippen LogP contribution in [-0.4, -0.2) is 35.1 Å². The van der Waals surface area contributed by atoms with Gasteiger partial charge in [-0.2, -0.15) is 5.10 Å². The number of anilines is 1. The average molecular weight is 436 g/mol. The molecule has 1 aromatic carbocycles. The first kappa shape index (κ1) is 19.1. The first-order chi connectivity index (χ1) is 16.0. The lowest BCUT2D eigenvalue weighted by molar-refractivity contribution is 0.627. The Labute approximate surface area is 186 Å². The smallest absolute Gasteiger partial charge is 0.178 e. The van der Waals surface area contributed by atoms with Gasteiger partial charge in [0.25, 0.3) is 0 Å². The van der Waals surface area contributed by atoms with Gasteiger partial charge in [0.15, 0.2) is 17.2 Å². The van der Waals surface area contributed by atoms with Gasteiger partial charge in [0.2, 0.25) is 0 Å². The third kappa shape index (κ3) is 3.26. The molecule has 4 N–H and O–H groups in total. The van der Waals surface area contributed by atoms with Crippen LogP contribution in [0.2, 0.25) is 0 Å². The molecule has 9 heteroatoms. The Morgan fingerprint density at radius 3 is 2.73 bits per heavy atom. The number of rotatable bonds is 3. The van der Waals surface area contributed by atoms with Gasteiger partial charge < -0.3 is 10.7 Å². The number of aromatic nitrogens is 7. The number of halogens is 1. The second kappa shape index (κ2) is 7.20. The summed E-state index contributed by atoms with van der Waals surface area (Å²) in [6.07, 6.45) is 4.96.